The lowest BCUT2D eigenvalue weighted by molar-refractivity contribution is -0.137. The van der Waals surface area contributed by atoms with Crippen LogP contribution in [0, 0.1) is 6.92 Å². The molecular weight excluding hydrogens is 387 g/mol. The lowest BCUT2D eigenvalue weighted by Crippen LogP contribution is -2.04. The van der Waals surface area contributed by atoms with Gasteiger partial charge in [-0.15, -0.1) is 5.10 Å². The first-order chi connectivity index (χ1) is 13.9. The third-order valence-electron chi connectivity index (χ3n) is 4.20. The van der Waals surface area contributed by atoms with E-state index in [1.165, 1.54) is 23.1 Å². The molecule has 0 saturated heterocycles. The van der Waals surface area contributed by atoms with Crippen molar-refractivity contribution in [2.24, 2.45) is 0 Å². The van der Waals surface area contributed by atoms with Gasteiger partial charge >= 0.3 is 6.18 Å². The van der Waals surface area contributed by atoms with Crippen molar-refractivity contribution in [2.45, 2.75) is 19.6 Å². The van der Waals surface area contributed by atoms with Crippen LogP contribution in [-0.4, -0.2) is 30.3 Å². The largest absolute Gasteiger partial charge is 0.416 e. The smallest absolute Gasteiger partial charge is 0.376 e. The number of hydrogen-bond donors (Lipinski definition) is 1. The molecule has 0 radical (unpaired) electrons. The molecule has 0 unspecified atom stereocenters. The highest BCUT2D eigenvalue weighted by atomic mass is 19.4. The van der Waals surface area contributed by atoms with Gasteiger partial charge in [0.05, 0.1) is 17.8 Å². The van der Waals surface area contributed by atoms with Crippen molar-refractivity contribution in [1.82, 2.24) is 30.3 Å². The molecule has 0 atom stereocenters. The number of tetrazole rings is 1. The Morgan fingerprint density at radius 3 is 2.59 bits per heavy atom. The van der Waals surface area contributed by atoms with E-state index < -0.39 is 11.7 Å². The summed E-state index contributed by atoms with van der Waals surface area (Å²) in [6.45, 7) is 2.18. The normalized spacial score (nSPS) is 11.6. The molecule has 0 aliphatic heterocycles. The van der Waals surface area contributed by atoms with Gasteiger partial charge in [0.1, 0.15) is 6.33 Å². The SMILES string of the molecule is Cc1ccc(-n2cnnn2)cc1NCc1nc(-c2ccc(C(F)(F)F)cc2)no1. The summed E-state index contributed by atoms with van der Waals surface area (Å²) >= 11 is 0. The number of nitrogens with zero attached hydrogens (tertiary/aromatic N) is 6. The van der Waals surface area contributed by atoms with Crippen LogP contribution in [0.1, 0.15) is 17.0 Å². The van der Waals surface area contributed by atoms with Gasteiger partial charge < -0.3 is 9.84 Å². The van der Waals surface area contributed by atoms with Gasteiger partial charge in [-0.3, -0.25) is 0 Å². The molecule has 0 fully saturated rings. The molecule has 0 aliphatic carbocycles. The van der Waals surface area contributed by atoms with Crippen LogP contribution in [-0.2, 0) is 12.7 Å². The molecule has 29 heavy (non-hydrogen) atoms. The van der Waals surface area contributed by atoms with Gasteiger partial charge in [-0.1, -0.05) is 23.4 Å². The summed E-state index contributed by atoms with van der Waals surface area (Å²) in [5.41, 5.74) is 2.30. The molecule has 0 spiro atoms. The quantitative estimate of drug-likeness (QED) is 0.545. The number of anilines is 1. The number of aromatic nitrogens is 6. The van der Waals surface area contributed by atoms with Gasteiger partial charge in [0.25, 0.3) is 0 Å². The maximum atomic E-state index is 12.7. The Kier molecular flexibility index (Phi) is 4.71. The highest BCUT2D eigenvalue weighted by Gasteiger charge is 2.30. The predicted molar refractivity (Wildman–Crippen MR) is 96.0 cm³/mol. The molecule has 4 rings (SSSR count). The molecule has 2 heterocycles. The maximum absolute atomic E-state index is 12.7. The fourth-order valence-corrected chi connectivity index (χ4v) is 2.65. The average molecular weight is 401 g/mol. The Hall–Kier alpha value is -3.76. The van der Waals surface area contributed by atoms with Gasteiger partial charge in [-0.05, 0) is 47.2 Å². The van der Waals surface area contributed by atoms with Gasteiger partial charge in [-0.2, -0.15) is 18.2 Å². The second-order valence-corrected chi connectivity index (χ2v) is 6.19. The van der Waals surface area contributed by atoms with Crippen LogP contribution in [0.5, 0.6) is 0 Å². The Labute approximate surface area is 162 Å². The van der Waals surface area contributed by atoms with E-state index in [2.05, 4.69) is 31.0 Å². The number of alkyl halides is 3. The van der Waals surface area contributed by atoms with E-state index in [-0.39, 0.29) is 12.4 Å². The standard InChI is InChI=1S/C18H14F3N7O/c1-11-2-7-14(28-10-23-26-27-28)8-15(11)22-9-16-24-17(25-29-16)12-3-5-13(6-4-12)18(19,20)21/h2-8,10,22H,9H2,1H3. The number of nitrogens with one attached hydrogen (secondary N) is 1. The number of hydrogen-bond acceptors (Lipinski definition) is 7. The van der Waals surface area contributed by atoms with E-state index >= 15 is 0 Å². The lowest BCUT2D eigenvalue weighted by Gasteiger charge is -2.09. The van der Waals surface area contributed by atoms with Crippen molar-refractivity contribution in [3.05, 3.63) is 65.8 Å². The summed E-state index contributed by atoms with van der Waals surface area (Å²) in [6, 6.07) is 10.3. The number of aryl methyl sites for hydroxylation is 1. The minimum absolute atomic E-state index is 0.217. The predicted octanol–water partition coefficient (Wildman–Crippen LogP) is 3.65. The fourth-order valence-electron chi connectivity index (χ4n) is 2.65. The maximum Gasteiger partial charge on any atom is 0.416 e. The third kappa shape index (κ3) is 4.08. The monoisotopic (exact) mass is 401 g/mol. The third-order valence-corrected chi connectivity index (χ3v) is 4.20. The van der Waals surface area contributed by atoms with Crippen molar-refractivity contribution in [2.75, 3.05) is 5.32 Å². The second-order valence-electron chi connectivity index (χ2n) is 6.19. The summed E-state index contributed by atoms with van der Waals surface area (Å²) in [7, 11) is 0. The van der Waals surface area contributed by atoms with Crippen molar-refractivity contribution in [3.63, 3.8) is 0 Å². The van der Waals surface area contributed by atoms with E-state index in [0.29, 0.717) is 11.5 Å². The first-order valence-electron chi connectivity index (χ1n) is 8.48. The molecule has 0 amide bonds. The minimum atomic E-state index is -4.39. The fraction of sp³-hybridized carbons (Fsp3) is 0.167. The van der Waals surface area contributed by atoms with Gasteiger partial charge in [0.15, 0.2) is 0 Å². The van der Waals surface area contributed by atoms with Crippen molar-refractivity contribution < 1.29 is 17.7 Å². The second kappa shape index (κ2) is 7.34. The molecule has 8 nitrogen and oxygen atoms in total. The molecule has 0 aliphatic rings. The lowest BCUT2D eigenvalue weighted by atomic mass is 10.1. The van der Waals surface area contributed by atoms with E-state index in [9.17, 15) is 13.2 Å². The molecule has 0 saturated carbocycles. The zero-order chi connectivity index (χ0) is 20.4. The average Bonchev–Trinajstić information content (AvgIpc) is 3.39. The first kappa shape index (κ1) is 18.6. The van der Waals surface area contributed by atoms with Gasteiger partial charge in [0.2, 0.25) is 11.7 Å². The Morgan fingerprint density at radius 2 is 1.90 bits per heavy atom. The highest BCUT2D eigenvalue weighted by Crippen LogP contribution is 2.30. The topological polar surface area (TPSA) is 94.6 Å². The zero-order valence-electron chi connectivity index (χ0n) is 15.1. The van der Waals surface area contributed by atoms with E-state index in [4.69, 9.17) is 4.52 Å². The molecule has 4 aromatic rings. The molecule has 1 N–H and O–H groups in total. The van der Waals surface area contributed by atoms with Gasteiger partial charge in [-0.25, -0.2) is 4.68 Å². The van der Waals surface area contributed by atoms with Gasteiger partial charge in [0, 0.05) is 11.3 Å². The van der Waals surface area contributed by atoms with Crippen LogP contribution in [0.4, 0.5) is 18.9 Å². The molecule has 11 heteroatoms. The van der Waals surface area contributed by atoms with Crippen LogP contribution >= 0.6 is 0 Å². The van der Waals surface area contributed by atoms with Crippen LogP contribution in [0.3, 0.4) is 0 Å². The highest BCUT2D eigenvalue weighted by molar-refractivity contribution is 5.57. The summed E-state index contributed by atoms with van der Waals surface area (Å²) in [5.74, 6) is 0.516. The molecule has 0 bridgehead atoms. The van der Waals surface area contributed by atoms with E-state index in [1.807, 2.05) is 25.1 Å². The number of rotatable bonds is 5. The summed E-state index contributed by atoms with van der Waals surface area (Å²) in [6.07, 6.45) is -2.90. The van der Waals surface area contributed by atoms with Crippen LogP contribution in [0.15, 0.2) is 53.3 Å². The van der Waals surface area contributed by atoms with Crippen molar-refractivity contribution in [1.29, 1.82) is 0 Å². The van der Waals surface area contributed by atoms with Crippen LogP contribution in [0.25, 0.3) is 17.1 Å². The minimum Gasteiger partial charge on any atom is -0.376 e. The van der Waals surface area contributed by atoms with E-state index in [1.54, 1.807) is 0 Å². The van der Waals surface area contributed by atoms with E-state index in [0.717, 1.165) is 29.1 Å². The summed E-state index contributed by atoms with van der Waals surface area (Å²) < 4.78 is 44.7. The van der Waals surface area contributed by atoms with Crippen molar-refractivity contribution >= 4 is 5.69 Å². The molecular formula is C18H14F3N7O. The van der Waals surface area contributed by atoms with Crippen molar-refractivity contribution in [3.8, 4) is 17.1 Å². The van der Waals surface area contributed by atoms with Crippen LogP contribution in [0.2, 0.25) is 0 Å². The molecule has 2 aromatic carbocycles. The van der Waals surface area contributed by atoms with Crippen LogP contribution < -0.4 is 5.32 Å². The Bertz CT molecular complexity index is 1110. The zero-order valence-corrected chi connectivity index (χ0v) is 15.1. The summed E-state index contributed by atoms with van der Waals surface area (Å²) in [4.78, 5) is 4.23. The molecule has 148 valence electrons. The Balaban J connectivity index is 1.47. The summed E-state index contributed by atoms with van der Waals surface area (Å²) in [5, 5.41) is 18.1. The molecule has 2 aromatic heterocycles. The Morgan fingerprint density at radius 1 is 1.10 bits per heavy atom. The number of benzene rings is 2. The first-order valence-corrected chi connectivity index (χ1v) is 8.48. The number of halogens is 3.